The summed E-state index contributed by atoms with van der Waals surface area (Å²) in [6, 6.07) is 23.4. The highest BCUT2D eigenvalue weighted by Crippen LogP contribution is 2.43. The lowest BCUT2D eigenvalue weighted by atomic mass is 10.1. The average Bonchev–Trinajstić information content (AvgIpc) is 3.15. The van der Waals surface area contributed by atoms with Crippen LogP contribution in [0.4, 0.5) is 11.4 Å². The number of rotatable bonds is 5. The largest absolute Gasteiger partial charge is 0.322 e. The van der Waals surface area contributed by atoms with E-state index in [-0.39, 0.29) is 17.2 Å². The second-order valence-corrected chi connectivity index (χ2v) is 8.42. The van der Waals surface area contributed by atoms with E-state index in [9.17, 15) is 9.59 Å². The van der Waals surface area contributed by atoms with Crippen molar-refractivity contribution < 1.29 is 9.59 Å². The van der Waals surface area contributed by atoms with Gasteiger partial charge >= 0.3 is 0 Å². The third kappa shape index (κ3) is 4.12. The minimum atomic E-state index is -0.133. The fourth-order valence-electron chi connectivity index (χ4n) is 3.62. The van der Waals surface area contributed by atoms with Gasteiger partial charge in [-0.15, -0.1) is 11.8 Å². The van der Waals surface area contributed by atoms with Crippen LogP contribution < -0.4 is 10.2 Å². The molecule has 1 aliphatic rings. The number of carbonyl (C=O) groups excluding carboxylic acids is 2. The van der Waals surface area contributed by atoms with E-state index >= 15 is 0 Å². The molecule has 1 unspecified atom stereocenters. The van der Waals surface area contributed by atoms with E-state index in [2.05, 4.69) is 18.3 Å². The second kappa shape index (κ2) is 8.76. The third-order valence-corrected chi connectivity index (χ3v) is 6.48. The Morgan fingerprint density at radius 1 is 1.03 bits per heavy atom. The monoisotopic (exact) mass is 416 g/mol. The van der Waals surface area contributed by atoms with Crippen LogP contribution in [0.3, 0.4) is 0 Å². The maximum Gasteiger partial charge on any atom is 0.255 e. The van der Waals surface area contributed by atoms with Gasteiger partial charge in [-0.3, -0.25) is 14.5 Å². The third-order valence-electron chi connectivity index (χ3n) is 5.27. The number of nitrogens with zero attached hydrogens (tertiary/aromatic N) is 1. The Morgan fingerprint density at radius 3 is 2.43 bits per heavy atom. The van der Waals surface area contributed by atoms with Gasteiger partial charge in [-0.05, 0) is 54.8 Å². The standard InChI is InChI=1S/C25H24N2O2S/c1-3-18-6-4-5-7-22(18)27-23(28)16-30-25(27)20-12-14-21(15-13-20)26-24(29)19-10-8-17(2)9-11-19/h4-15,25H,3,16H2,1-2H3,(H,26,29). The summed E-state index contributed by atoms with van der Waals surface area (Å²) in [6.45, 7) is 4.10. The summed E-state index contributed by atoms with van der Waals surface area (Å²) in [7, 11) is 0. The topological polar surface area (TPSA) is 49.4 Å². The highest BCUT2D eigenvalue weighted by atomic mass is 32.2. The molecule has 2 amide bonds. The van der Waals surface area contributed by atoms with Crippen molar-refractivity contribution >= 4 is 35.0 Å². The lowest BCUT2D eigenvalue weighted by molar-refractivity contribution is -0.115. The summed E-state index contributed by atoms with van der Waals surface area (Å²) in [4.78, 5) is 27.0. The molecule has 1 fully saturated rings. The second-order valence-electron chi connectivity index (χ2n) is 7.35. The molecule has 0 bridgehead atoms. The number of para-hydroxylation sites is 1. The van der Waals surface area contributed by atoms with Gasteiger partial charge in [-0.25, -0.2) is 0 Å². The maximum atomic E-state index is 12.7. The predicted molar refractivity (Wildman–Crippen MR) is 124 cm³/mol. The number of amides is 2. The summed E-state index contributed by atoms with van der Waals surface area (Å²) in [6.07, 6.45) is 0.876. The van der Waals surface area contributed by atoms with Gasteiger partial charge in [0.2, 0.25) is 5.91 Å². The van der Waals surface area contributed by atoms with E-state index in [1.807, 2.05) is 78.6 Å². The summed E-state index contributed by atoms with van der Waals surface area (Å²) in [5.41, 5.74) is 5.68. The minimum absolute atomic E-state index is 0.0629. The molecule has 1 N–H and O–H groups in total. The van der Waals surface area contributed by atoms with Crippen molar-refractivity contribution in [3.63, 3.8) is 0 Å². The first-order valence-corrected chi connectivity index (χ1v) is 11.1. The van der Waals surface area contributed by atoms with E-state index < -0.39 is 0 Å². The number of carbonyl (C=O) groups is 2. The fraction of sp³-hybridized carbons (Fsp3) is 0.200. The Labute approximate surface area is 181 Å². The Hall–Kier alpha value is -3.05. The zero-order valence-corrected chi connectivity index (χ0v) is 17.9. The number of nitrogens with one attached hydrogen (secondary N) is 1. The molecule has 5 heteroatoms. The molecule has 0 radical (unpaired) electrons. The highest BCUT2D eigenvalue weighted by Gasteiger charge is 2.34. The number of anilines is 2. The van der Waals surface area contributed by atoms with Gasteiger partial charge < -0.3 is 5.32 Å². The minimum Gasteiger partial charge on any atom is -0.322 e. The predicted octanol–water partition coefficient (Wildman–Crippen LogP) is 5.59. The van der Waals surface area contributed by atoms with Crippen LogP contribution in [0.2, 0.25) is 0 Å². The van der Waals surface area contributed by atoms with Crippen LogP contribution in [0, 0.1) is 6.92 Å². The zero-order chi connectivity index (χ0) is 21.1. The maximum absolute atomic E-state index is 12.7. The Balaban J connectivity index is 1.53. The molecule has 0 spiro atoms. The van der Waals surface area contributed by atoms with Crippen LogP contribution >= 0.6 is 11.8 Å². The molecule has 3 aromatic carbocycles. The number of aryl methyl sites for hydroxylation is 2. The van der Waals surface area contributed by atoms with Crippen molar-refractivity contribution in [1.29, 1.82) is 0 Å². The van der Waals surface area contributed by atoms with Crippen molar-refractivity contribution in [3.8, 4) is 0 Å². The SMILES string of the molecule is CCc1ccccc1N1C(=O)CSC1c1ccc(NC(=O)c2ccc(C)cc2)cc1. The van der Waals surface area contributed by atoms with Gasteiger partial charge in [0.15, 0.2) is 0 Å². The van der Waals surface area contributed by atoms with Crippen molar-refractivity contribution in [2.75, 3.05) is 16.0 Å². The normalized spacial score (nSPS) is 16.0. The smallest absolute Gasteiger partial charge is 0.255 e. The number of hydrogen-bond acceptors (Lipinski definition) is 3. The molecule has 1 heterocycles. The van der Waals surface area contributed by atoms with Gasteiger partial charge in [0.1, 0.15) is 5.37 Å². The Morgan fingerprint density at radius 2 is 1.73 bits per heavy atom. The molecule has 30 heavy (non-hydrogen) atoms. The summed E-state index contributed by atoms with van der Waals surface area (Å²) in [5.74, 6) is 0.462. The van der Waals surface area contributed by atoms with Crippen molar-refractivity contribution in [2.45, 2.75) is 25.6 Å². The molecule has 4 nitrogen and oxygen atoms in total. The Kier molecular flexibility index (Phi) is 5.91. The highest BCUT2D eigenvalue weighted by molar-refractivity contribution is 8.00. The molecule has 3 aromatic rings. The molecule has 152 valence electrons. The Bertz CT molecular complexity index is 1060. The summed E-state index contributed by atoms with van der Waals surface area (Å²) in [5, 5.41) is 2.88. The molecular weight excluding hydrogens is 392 g/mol. The molecule has 1 saturated heterocycles. The fourth-order valence-corrected chi connectivity index (χ4v) is 4.78. The van der Waals surface area contributed by atoms with Crippen LogP contribution in [-0.4, -0.2) is 17.6 Å². The van der Waals surface area contributed by atoms with Crippen molar-refractivity contribution in [3.05, 3.63) is 95.1 Å². The molecule has 1 atom stereocenters. The van der Waals surface area contributed by atoms with E-state index in [0.717, 1.165) is 28.9 Å². The van der Waals surface area contributed by atoms with Crippen LogP contribution in [0.25, 0.3) is 0 Å². The number of benzene rings is 3. The first-order chi connectivity index (χ1) is 14.6. The van der Waals surface area contributed by atoms with Crippen LogP contribution in [0.15, 0.2) is 72.8 Å². The molecule has 4 rings (SSSR count). The first-order valence-electron chi connectivity index (χ1n) is 10.1. The van der Waals surface area contributed by atoms with Gasteiger partial charge in [-0.1, -0.05) is 55.0 Å². The molecule has 0 aliphatic carbocycles. The summed E-state index contributed by atoms with van der Waals surface area (Å²) < 4.78 is 0. The van der Waals surface area contributed by atoms with Crippen LogP contribution in [-0.2, 0) is 11.2 Å². The van der Waals surface area contributed by atoms with Gasteiger partial charge in [0.05, 0.1) is 5.75 Å². The quantitative estimate of drug-likeness (QED) is 0.590. The van der Waals surface area contributed by atoms with Crippen molar-refractivity contribution in [2.24, 2.45) is 0 Å². The average molecular weight is 417 g/mol. The van der Waals surface area contributed by atoms with E-state index in [0.29, 0.717) is 11.3 Å². The zero-order valence-electron chi connectivity index (χ0n) is 17.1. The molecular formula is C25H24N2O2S. The number of thioether (sulfide) groups is 1. The van der Waals surface area contributed by atoms with Gasteiger partial charge in [0, 0.05) is 16.9 Å². The van der Waals surface area contributed by atoms with Gasteiger partial charge in [-0.2, -0.15) is 0 Å². The van der Waals surface area contributed by atoms with Crippen LogP contribution in [0.5, 0.6) is 0 Å². The lowest BCUT2D eigenvalue weighted by Crippen LogP contribution is -2.28. The number of hydrogen-bond donors (Lipinski definition) is 1. The van der Waals surface area contributed by atoms with E-state index in [1.54, 1.807) is 11.8 Å². The van der Waals surface area contributed by atoms with Gasteiger partial charge in [0.25, 0.3) is 5.91 Å². The summed E-state index contributed by atoms with van der Waals surface area (Å²) >= 11 is 1.63. The lowest BCUT2D eigenvalue weighted by Gasteiger charge is -2.26. The molecule has 0 aromatic heterocycles. The molecule has 0 saturated carbocycles. The van der Waals surface area contributed by atoms with Crippen molar-refractivity contribution in [1.82, 2.24) is 0 Å². The first kappa shape index (κ1) is 20.2. The molecule has 1 aliphatic heterocycles. The van der Waals surface area contributed by atoms with Crippen LogP contribution in [0.1, 0.15) is 39.3 Å². The van der Waals surface area contributed by atoms with E-state index in [4.69, 9.17) is 0 Å². The van der Waals surface area contributed by atoms with E-state index in [1.165, 1.54) is 5.56 Å².